The van der Waals surface area contributed by atoms with Crippen LogP contribution >= 0.6 is 11.6 Å². The van der Waals surface area contributed by atoms with E-state index in [1.54, 1.807) is 19.9 Å². The van der Waals surface area contributed by atoms with Crippen molar-refractivity contribution in [2.75, 3.05) is 51.3 Å². The predicted molar refractivity (Wildman–Crippen MR) is 137 cm³/mol. The molecule has 8 heteroatoms. The van der Waals surface area contributed by atoms with Gasteiger partial charge in [-0.05, 0) is 76.7 Å². The van der Waals surface area contributed by atoms with E-state index in [1.807, 2.05) is 0 Å². The van der Waals surface area contributed by atoms with Gasteiger partial charge >= 0.3 is 0 Å². The first-order valence-electron chi connectivity index (χ1n) is 12.4. The zero-order valence-electron chi connectivity index (χ0n) is 20.5. The van der Waals surface area contributed by atoms with E-state index < -0.39 is 0 Å². The Hall–Kier alpha value is -1.93. The Morgan fingerprint density at radius 2 is 1.82 bits per heavy atom. The third-order valence-electron chi connectivity index (χ3n) is 6.24. The molecule has 2 N–H and O–H groups in total. The summed E-state index contributed by atoms with van der Waals surface area (Å²) in [5.74, 6) is 1.69. The summed E-state index contributed by atoms with van der Waals surface area (Å²) in [7, 11) is 0. The number of nitrogens with one attached hydrogen (secondary N) is 1. The first-order chi connectivity index (χ1) is 16.5. The maximum Gasteiger partial charge on any atom is 0.134 e. The highest BCUT2D eigenvalue weighted by Crippen LogP contribution is 2.36. The van der Waals surface area contributed by atoms with Crippen LogP contribution in [0.3, 0.4) is 0 Å². The van der Waals surface area contributed by atoms with Crippen molar-refractivity contribution in [1.29, 1.82) is 0 Å². The molecule has 188 valence electrons. The number of aliphatic hydroxyl groups excluding tert-OH is 1. The first-order valence-corrected chi connectivity index (χ1v) is 12.8. The smallest absolute Gasteiger partial charge is 0.134 e. The molecule has 2 saturated heterocycles. The minimum absolute atomic E-state index is 0.00393. The van der Waals surface area contributed by atoms with Crippen LogP contribution in [0.5, 0.6) is 5.75 Å². The van der Waals surface area contributed by atoms with Crippen LogP contribution in [0.25, 0.3) is 0 Å². The number of hydrogen-bond acceptors (Lipinski definition) is 7. The van der Waals surface area contributed by atoms with E-state index >= 15 is 0 Å². The fraction of sp³-hybridized carbons (Fsp3) is 0.615. The number of likely N-dealkylation sites (tertiary alicyclic amines) is 1. The largest absolute Gasteiger partial charge is 0.494 e. The standard InChI is InChI=1S/C23H31ClN4O2.C3H8O/c24-21-16-22(27-18-26-21)25-17-23(8-14-29-15-9-23)19-4-6-20(7-5-19)30-13-3-12-28-10-1-2-11-28;1-3(2)4/h4-7,16,18H,1-3,8-15,17H2,(H,25,26,27);3-4H,1-2H3. The second-order valence-electron chi connectivity index (χ2n) is 9.34. The zero-order valence-corrected chi connectivity index (χ0v) is 21.3. The van der Waals surface area contributed by atoms with Crippen molar-refractivity contribution in [3.05, 3.63) is 47.4 Å². The molecular formula is C26H39ClN4O3. The van der Waals surface area contributed by atoms with Crippen molar-refractivity contribution < 1.29 is 14.6 Å². The number of rotatable bonds is 9. The van der Waals surface area contributed by atoms with E-state index in [4.69, 9.17) is 26.2 Å². The molecule has 0 amide bonds. The van der Waals surface area contributed by atoms with Crippen LogP contribution in [0, 0.1) is 0 Å². The Bertz CT molecular complexity index is 835. The highest BCUT2D eigenvalue weighted by atomic mass is 35.5. The van der Waals surface area contributed by atoms with Crippen LogP contribution in [-0.2, 0) is 10.2 Å². The summed E-state index contributed by atoms with van der Waals surface area (Å²) in [4.78, 5) is 10.7. The van der Waals surface area contributed by atoms with Gasteiger partial charge in [-0.25, -0.2) is 9.97 Å². The molecule has 0 spiro atoms. The molecule has 0 bridgehead atoms. The highest BCUT2D eigenvalue weighted by molar-refractivity contribution is 6.29. The Kier molecular flexibility index (Phi) is 10.8. The van der Waals surface area contributed by atoms with Crippen LogP contribution in [0.1, 0.15) is 51.5 Å². The molecule has 7 nitrogen and oxygen atoms in total. The van der Waals surface area contributed by atoms with Gasteiger partial charge in [-0.1, -0.05) is 23.7 Å². The molecule has 0 saturated carbocycles. The highest BCUT2D eigenvalue weighted by Gasteiger charge is 2.34. The lowest BCUT2D eigenvalue weighted by Gasteiger charge is -2.38. The third kappa shape index (κ3) is 8.69. The summed E-state index contributed by atoms with van der Waals surface area (Å²) in [6, 6.07) is 10.4. The fourth-order valence-corrected chi connectivity index (χ4v) is 4.56. The van der Waals surface area contributed by atoms with Gasteiger partial charge < -0.3 is 24.8 Å². The van der Waals surface area contributed by atoms with Gasteiger partial charge in [-0.15, -0.1) is 0 Å². The van der Waals surface area contributed by atoms with Gasteiger partial charge in [0, 0.05) is 43.9 Å². The average molecular weight is 491 g/mol. The lowest BCUT2D eigenvalue weighted by atomic mass is 9.74. The van der Waals surface area contributed by atoms with Crippen LogP contribution in [0.2, 0.25) is 5.15 Å². The van der Waals surface area contributed by atoms with E-state index in [0.717, 1.165) is 63.7 Å². The molecule has 2 aromatic rings. The molecule has 0 aliphatic carbocycles. The molecule has 4 rings (SSSR count). The second-order valence-corrected chi connectivity index (χ2v) is 9.73. The van der Waals surface area contributed by atoms with Crippen molar-refractivity contribution in [1.82, 2.24) is 14.9 Å². The van der Waals surface area contributed by atoms with E-state index in [-0.39, 0.29) is 11.5 Å². The molecule has 2 aliphatic rings. The number of halogens is 1. The maximum absolute atomic E-state index is 8.06. The first kappa shape index (κ1) is 26.7. The van der Waals surface area contributed by atoms with Gasteiger partial charge in [0.2, 0.25) is 0 Å². The Labute approximate surface area is 208 Å². The summed E-state index contributed by atoms with van der Waals surface area (Å²) in [6.07, 6.45) is 7.01. The number of aromatic nitrogens is 2. The molecule has 1 aromatic carbocycles. The van der Waals surface area contributed by atoms with Gasteiger partial charge in [-0.3, -0.25) is 0 Å². The van der Waals surface area contributed by atoms with Crippen LogP contribution < -0.4 is 10.1 Å². The number of aliphatic hydroxyl groups is 1. The molecule has 2 aliphatic heterocycles. The molecule has 3 heterocycles. The summed E-state index contributed by atoms with van der Waals surface area (Å²) < 4.78 is 11.6. The van der Waals surface area contributed by atoms with E-state index in [2.05, 4.69) is 44.5 Å². The second kappa shape index (κ2) is 13.8. The average Bonchev–Trinajstić information content (AvgIpc) is 3.35. The topological polar surface area (TPSA) is 79.7 Å². The quantitative estimate of drug-likeness (QED) is 0.394. The van der Waals surface area contributed by atoms with Gasteiger partial charge in [0.15, 0.2) is 0 Å². The van der Waals surface area contributed by atoms with E-state index in [1.165, 1.54) is 37.8 Å². The van der Waals surface area contributed by atoms with Crippen LogP contribution in [0.15, 0.2) is 36.7 Å². The molecular weight excluding hydrogens is 452 g/mol. The van der Waals surface area contributed by atoms with Crippen molar-refractivity contribution in [2.24, 2.45) is 0 Å². The lowest BCUT2D eigenvalue weighted by molar-refractivity contribution is 0.0543. The predicted octanol–water partition coefficient (Wildman–Crippen LogP) is 4.54. The summed E-state index contributed by atoms with van der Waals surface area (Å²) >= 11 is 6.00. The summed E-state index contributed by atoms with van der Waals surface area (Å²) in [5, 5.41) is 12.0. The lowest BCUT2D eigenvalue weighted by Crippen LogP contribution is -2.40. The number of hydrogen-bond donors (Lipinski definition) is 2. The Morgan fingerprint density at radius 1 is 1.15 bits per heavy atom. The maximum atomic E-state index is 8.06. The fourth-order valence-electron chi connectivity index (χ4n) is 4.41. The minimum atomic E-state index is -0.167. The number of ether oxygens (including phenoxy) is 2. The van der Waals surface area contributed by atoms with Gasteiger partial charge in [0.05, 0.1) is 6.61 Å². The van der Waals surface area contributed by atoms with E-state index in [0.29, 0.717) is 5.15 Å². The third-order valence-corrected chi connectivity index (χ3v) is 6.45. The molecule has 0 radical (unpaired) electrons. The molecule has 34 heavy (non-hydrogen) atoms. The van der Waals surface area contributed by atoms with Crippen LogP contribution in [-0.4, -0.2) is 72.1 Å². The van der Waals surface area contributed by atoms with Crippen molar-refractivity contribution in [3.8, 4) is 5.75 Å². The molecule has 1 aromatic heterocycles. The molecule has 0 unspecified atom stereocenters. The summed E-state index contributed by atoms with van der Waals surface area (Å²) in [5.41, 5.74) is 1.31. The number of nitrogens with zero attached hydrogens (tertiary/aromatic N) is 3. The number of anilines is 1. The monoisotopic (exact) mass is 490 g/mol. The molecule has 2 fully saturated rings. The summed E-state index contributed by atoms with van der Waals surface area (Å²) in [6.45, 7) is 10.2. The Balaban J connectivity index is 0.000000751. The Morgan fingerprint density at radius 3 is 2.47 bits per heavy atom. The number of benzene rings is 1. The minimum Gasteiger partial charge on any atom is -0.494 e. The van der Waals surface area contributed by atoms with Gasteiger partial charge in [0.1, 0.15) is 23.0 Å². The van der Waals surface area contributed by atoms with E-state index in [9.17, 15) is 0 Å². The van der Waals surface area contributed by atoms with Crippen LogP contribution in [0.4, 0.5) is 5.82 Å². The normalized spacial score (nSPS) is 17.8. The van der Waals surface area contributed by atoms with Gasteiger partial charge in [-0.2, -0.15) is 0 Å². The van der Waals surface area contributed by atoms with Crippen molar-refractivity contribution in [2.45, 2.75) is 57.5 Å². The SMILES string of the molecule is CC(C)O.Clc1cc(NCC2(c3ccc(OCCCN4CCCC4)cc3)CCOCC2)ncn1. The van der Waals surface area contributed by atoms with Crippen molar-refractivity contribution in [3.63, 3.8) is 0 Å². The van der Waals surface area contributed by atoms with Gasteiger partial charge in [0.25, 0.3) is 0 Å². The molecule has 0 atom stereocenters. The van der Waals surface area contributed by atoms with Crippen molar-refractivity contribution >= 4 is 17.4 Å². The zero-order chi connectivity index (χ0) is 24.2.